The molecule has 0 aliphatic carbocycles. The summed E-state index contributed by atoms with van der Waals surface area (Å²) in [5.41, 5.74) is 0. The van der Waals surface area contributed by atoms with E-state index in [0.29, 0.717) is 6.04 Å². The Kier molecular flexibility index (Phi) is 3.43. The summed E-state index contributed by atoms with van der Waals surface area (Å²) in [7, 11) is 1.88. The Morgan fingerprint density at radius 2 is 2.47 bits per heavy atom. The second-order valence-electron chi connectivity index (χ2n) is 3.67. The van der Waals surface area contributed by atoms with E-state index in [4.69, 9.17) is 0 Å². The highest BCUT2D eigenvalue weighted by Gasteiger charge is 2.24. The predicted octanol–water partition coefficient (Wildman–Crippen LogP) is 1.94. The number of nitrogens with one attached hydrogen (secondary N) is 1. The van der Waals surface area contributed by atoms with Crippen LogP contribution in [0.25, 0.3) is 0 Å². The largest absolute Gasteiger partial charge is 0.337 e. The number of hydrogen-bond acceptors (Lipinski definition) is 3. The van der Waals surface area contributed by atoms with Gasteiger partial charge in [-0.25, -0.2) is 0 Å². The number of hydrogen-bond donors (Lipinski definition) is 1. The quantitative estimate of drug-likeness (QED) is 0.902. The van der Waals surface area contributed by atoms with Gasteiger partial charge in [-0.15, -0.1) is 11.3 Å². The van der Waals surface area contributed by atoms with Gasteiger partial charge >= 0.3 is 0 Å². The Balaban J connectivity index is 2.06. The van der Waals surface area contributed by atoms with Gasteiger partial charge in [0.05, 0.1) is 8.66 Å². The Morgan fingerprint density at radius 3 is 3.00 bits per heavy atom. The molecule has 0 radical (unpaired) electrons. The van der Waals surface area contributed by atoms with Crippen LogP contribution in [-0.2, 0) is 0 Å². The number of rotatable bonds is 2. The molecule has 5 heteroatoms. The third-order valence-electron chi connectivity index (χ3n) is 2.69. The molecule has 82 valence electrons. The average Bonchev–Trinajstić information content (AvgIpc) is 2.85. The standard InChI is InChI=1S/C10H13BrN2OS/c1-13(7-4-5-12-6-7)10(14)8-2-3-9(11)15-8/h2-3,7,12H,4-6H2,1H3. The number of nitrogens with zero attached hydrogens (tertiary/aromatic N) is 1. The van der Waals surface area contributed by atoms with Crippen molar-refractivity contribution >= 4 is 33.2 Å². The first kappa shape index (κ1) is 11.1. The van der Waals surface area contributed by atoms with Crippen LogP contribution in [0.4, 0.5) is 0 Å². The van der Waals surface area contributed by atoms with Crippen LogP contribution >= 0.6 is 27.3 Å². The van der Waals surface area contributed by atoms with E-state index in [2.05, 4.69) is 21.2 Å². The number of halogens is 1. The molecular formula is C10H13BrN2OS. The summed E-state index contributed by atoms with van der Waals surface area (Å²) < 4.78 is 1.00. The van der Waals surface area contributed by atoms with Gasteiger partial charge in [-0.1, -0.05) is 0 Å². The van der Waals surface area contributed by atoms with Crippen molar-refractivity contribution in [1.82, 2.24) is 10.2 Å². The zero-order valence-electron chi connectivity index (χ0n) is 8.50. The predicted molar refractivity (Wildman–Crippen MR) is 65.4 cm³/mol. The van der Waals surface area contributed by atoms with E-state index >= 15 is 0 Å². The third-order valence-corrected chi connectivity index (χ3v) is 4.30. The third kappa shape index (κ3) is 2.41. The normalized spacial score (nSPS) is 20.5. The molecule has 1 N–H and O–H groups in total. The molecule has 0 saturated carbocycles. The van der Waals surface area contributed by atoms with Crippen LogP contribution < -0.4 is 5.32 Å². The van der Waals surface area contributed by atoms with Crippen LogP contribution in [0, 0.1) is 0 Å². The molecular weight excluding hydrogens is 276 g/mol. The van der Waals surface area contributed by atoms with Crippen LogP contribution in [0.15, 0.2) is 15.9 Å². The monoisotopic (exact) mass is 288 g/mol. The maximum Gasteiger partial charge on any atom is 0.263 e. The first-order chi connectivity index (χ1) is 7.18. The summed E-state index contributed by atoms with van der Waals surface area (Å²) in [4.78, 5) is 14.7. The van der Waals surface area contributed by atoms with E-state index in [1.165, 1.54) is 11.3 Å². The van der Waals surface area contributed by atoms with E-state index in [-0.39, 0.29) is 5.91 Å². The van der Waals surface area contributed by atoms with Crippen LogP contribution in [0.1, 0.15) is 16.1 Å². The van der Waals surface area contributed by atoms with Gasteiger partial charge in [-0.2, -0.15) is 0 Å². The summed E-state index contributed by atoms with van der Waals surface area (Å²) in [5.74, 6) is 0.124. The van der Waals surface area contributed by atoms with Gasteiger partial charge in [-0.3, -0.25) is 4.79 Å². The van der Waals surface area contributed by atoms with E-state index in [9.17, 15) is 4.79 Å². The van der Waals surface area contributed by atoms with Crippen molar-refractivity contribution in [2.24, 2.45) is 0 Å². The summed E-state index contributed by atoms with van der Waals surface area (Å²) in [5, 5.41) is 3.27. The zero-order valence-corrected chi connectivity index (χ0v) is 10.9. The first-order valence-corrected chi connectivity index (χ1v) is 6.52. The number of carbonyl (C=O) groups excluding carboxylic acids is 1. The highest BCUT2D eigenvalue weighted by Crippen LogP contribution is 2.24. The molecule has 1 atom stereocenters. The Hall–Kier alpha value is -0.390. The molecule has 0 spiro atoms. The lowest BCUT2D eigenvalue weighted by Crippen LogP contribution is -2.37. The molecule has 0 bridgehead atoms. The fourth-order valence-corrected chi connectivity index (χ4v) is 3.11. The van der Waals surface area contributed by atoms with Gasteiger partial charge in [0.25, 0.3) is 5.91 Å². The highest BCUT2D eigenvalue weighted by molar-refractivity contribution is 9.11. The van der Waals surface area contributed by atoms with E-state index < -0.39 is 0 Å². The minimum atomic E-state index is 0.124. The lowest BCUT2D eigenvalue weighted by atomic mass is 10.2. The molecule has 1 aliphatic rings. The van der Waals surface area contributed by atoms with Crippen LogP contribution in [0.2, 0.25) is 0 Å². The Bertz CT molecular complexity index is 360. The Labute approximate surface area is 102 Å². The fourth-order valence-electron chi connectivity index (χ4n) is 1.74. The molecule has 1 saturated heterocycles. The van der Waals surface area contributed by atoms with Gasteiger partial charge in [0.1, 0.15) is 0 Å². The number of thiophene rings is 1. The van der Waals surface area contributed by atoms with Gasteiger partial charge in [0.2, 0.25) is 0 Å². The van der Waals surface area contributed by atoms with Crippen molar-refractivity contribution in [3.63, 3.8) is 0 Å². The molecule has 1 fully saturated rings. The maximum absolute atomic E-state index is 12.0. The van der Waals surface area contributed by atoms with Crippen LogP contribution in [-0.4, -0.2) is 37.0 Å². The van der Waals surface area contributed by atoms with E-state index in [1.807, 2.05) is 24.1 Å². The van der Waals surface area contributed by atoms with E-state index in [1.54, 1.807) is 0 Å². The minimum Gasteiger partial charge on any atom is -0.337 e. The summed E-state index contributed by atoms with van der Waals surface area (Å²) in [6, 6.07) is 4.13. The molecule has 1 unspecified atom stereocenters. The fraction of sp³-hybridized carbons (Fsp3) is 0.500. The second-order valence-corrected chi connectivity index (χ2v) is 6.13. The summed E-state index contributed by atoms with van der Waals surface area (Å²) in [6.07, 6.45) is 1.05. The molecule has 15 heavy (non-hydrogen) atoms. The number of likely N-dealkylation sites (N-methyl/N-ethyl adjacent to an activating group) is 1. The van der Waals surface area contributed by atoms with Crippen molar-refractivity contribution in [1.29, 1.82) is 0 Å². The molecule has 1 aromatic heterocycles. The minimum absolute atomic E-state index is 0.124. The second kappa shape index (κ2) is 4.63. The molecule has 1 amide bonds. The van der Waals surface area contributed by atoms with Gasteiger partial charge in [0, 0.05) is 19.6 Å². The Morgan fingerprint density at radius 1 is 1.67 bits per heavy atom. The molecule has 3 nitrogen and oxygen atoms in total. The highest BCUT2D eigenvalue weighted by atomic mass is 79.9. The van der Waals surface area contributed by atoms with E-state index in [0.717, 1.165) is 28.2 Å². The lowest BCUT2D eigenvalue weighted by molar-refractivity contribution is 0.0748. The van der Waals surface area contributed by atoms with Gasteiger partial charge in [-0.05, 0) is 41.0 Å². The smallest absolute Gasteiger partial charge is 0.263 e. The van der Waals surface area contributed by atoms with Crippen molar-refractivity contribution < 1.29 is 4.79 Å². The molecule has 2 rings (SSSR count). The van der Waals surface area contributed by atoms with Crippen LogP contribution in [0.3, 0.4) is 0 Å². The zero-order chi connectivity index (χ0) is 10.8. The topological polar surface area (TPSA) is 32.3 Å². The van der Waals surface area contributed by atoms with Crippen molar-refractivity contribution in [3.8, 4) is 0 Å². The molecule has 2 heterocycles. The molecule has 1 aliphatic heterocycles. The number of amides is 1. The maximum atomic E-state index is 12.0. The van der Waals surface area contributed by atoms with Crippen molar-refractivity contribution in [2.75, 3.05) is 20.1 Å². The molecule has 0 aromatic carbocycles. The lowest BCUT2D eigenvalue weighted by Gasteiger charge is -2.22. The summed E-state index contributed by atoms with van der Waals surface area (Å²) in [6.45, 7) is 1.92. The first-order valence-electron chi connectivity index (χ1n) is 4.91. The SMILES string of the molecule is CN(C(=O)c1ccc(Br)s1)C1CCNC1. The average molecular weight is 289 g/mol. The van der Waals surface area contributed by atoms with Gasteiger partial charge < -0.3 is 10.2 Å². The number of carbonyl (C=O) groups is 1. The summed E-state index contributed by atoms with van der Waals surface area (Å²) >= 11 is 4.86. The van der Waals surface area contributed by atoms with Crippen molar-refractivity contribution in [3.05, 3.63) is 20.8 Å². The van der Waals surface area contributed by atoms with Crippen LogP contribution in [0.5, 0.6) is 0 Å². The molecule has 1 aromatic rings. The van der Waals surface area contributed by atoms with Crippen molar-refractivity contribution in [2.45, 2.75) is 12.5 Å². The van der Waals surface area contributed by atoms with Gasteiger partial charge in [0.15, 0.2) is 0 Å².